The van der Waals surface area contributed by atoms with E-state index in [1.807, 2.05) is 30.3 Å². The van der Waals surface area contributed by atoms with Gasteiger partial charge in [-0.3, -0.25) is 9.59 Å². The van der Waals surface area contributed by atoms with Crippen LogP contribution < -0.4 is 10.1 Å². The lowest BCUT2D eigenvalue weighted by Gasteiger charge is -2.31. The third-order valence-electron chi connectivity index (χ3n) is 5.78. The molecule has 2 aromatic carbocycles. The molecule has 0 spiro atoms. The molecule has 0 unspecified atom stereocenters. The normalized spacial score (nSPS) is 15.2. The first-order valence-electron chi connectivity index (χ1n) is 11.0. The van der Waals surface area contributed by atoms with E-state index in [0.29, 0.717) is 23.7 Å². The molecule has 5 nitrogen and oxygen atoms in total. The monoisotopic (exact) mass is 442 g/mol. The number of ether oxygens (including phenoxy) is 1. The Kier molecular flexibility index (Phi) is 8.77. The number of carbonyl (C=O) groups excluding carboxylic acids is 2. The minimum Gasteiger partial charge on any atom is -0.484 e. The van der Waals surface area contributed by atoms with Crippen molar-refractivity contribution in [2.75, 3.05) is 13.2 Å². The lowest BCUT2D eigenvalue weighted by atomic mass is 9.95. The van der Waals surface area contributed by atoms with Crippen LogP contribution in [0.3, 0.4) is 0 Å². The van der Waals surface area contributed by atoms with Gasteiger partial charge in [0.1, 0.15) is 11.8 Å². The van der Waals surface area contributed by atoms with Crippen LogP contribution in [-0.4, -0.2) is 41.9 Å². The van der Waals surface area contributed by atoms with E-state index < -0.39 is 6.04 Å². The predicted molar refractivity (Wildman–Crippen MR) is 123 cm³/mol. The molecule has 1 aliphatic rings. The number of nitrogens with one attached hydrogen (secondary N) is 1. The predicted octanol–water partition coefficient (Wildman–Crippen LogP) is 4.63. The highest BCUT2D eigenvalue weighted by Crippen LogP contribution is 2.18. The van der Waals surface area contributed by atoms with Gasteiger partial charge < -0.3 is 15.0 Å². The zero-order chi connectivity index (χ0) is 22.1. The molecule has 0 bridgehead atoms. The van der Waals surface area contributed by atoms with Crippen molar-refractivity contribution in [2.45, 2.75) is 57.5 Å². The van der Waals surface area contributed by atoms with Crippen LogP contribution in [0.2, 0.25) is 5.02 Å². The molecule has 0 aliphatic heterocycles. The lowest BCUT2D eigenvalue weighted by Crippen LogP contribution is -2.52. The quantitative estimate of drug-likeness (QED) is 0.616. The zero-order valence-corrected chi connectivity index (χ0v) is 18.8. The molecule has 1 atom stereocenters. The van der Waals surface area contributed by atoms with Crippen LogP contribution in [0.5, 0.6) is 5.75 Å². The number of halogens is 1. The van der Waals surface area contributed by atoms with E-state index >= 15 is 0 Å². The molecule has 1 N–H and O–H groups in total. The zero-order valence-electron chi connectivity index (χ0n) is 18.1. The summed E-state index contributed by atoms with van der Waals surface area (Å²) in [6, 6.07) is 16.5. The molecule has 1 aliphatic carbocycles. The van der Waals surface area contributed by atoms with Crippen LogP contribution in [0.15, 0.2) is 54.6 Å². The number of amides is 2. The van der Waals surface area contributed by atoms with Gasteiger partial charge in [-0.1, -0.05) is 61.2 Å². The average molecular weight is 443 g/mol. The topological polar surface area (TPSA) is 58.6 Å². The standard InChI is InChI=1S/C25H31ClN2O3/c1-19(25(30)27-22-10-6-3-7-11-22)28(17-16-20-8-4-2-5-9-20)24(29)18-31-23-14-12-21(26)13-15-23/h2,4-5,8-9,12-15,19,22H,3,6-7,10-11,16-18H2,1H3,(H,27,30)/t19-/m1/s1. The number of hydrogen-bond donors (Lipinski definition) is 1. The van der Waals surface area contributed by atoms with Crippen LogP contribution >= 0.6 is 11.6 Å². The largest absolute Gasteiger partial charge is 0.484 e. The fraction of sp³-hybridized carbons (Fsp3) is 0.440. The van der Waals surface area contributed by atoms with Crippen molar-refractivity contribution in [2.24, 2.45) is 0 Å². The fourth-order valence-corrected chi connectivity index (χ4v) is 4.02. The number of nitrogens with zero attached hydrogens (tertiary/aromatic N) is 1. The van der Waals surface area contributed by atoms with Crippen LogP contribution in [0, 0.1) is 0 Å². The van der Waals surface area contributed by atoms with Gasteiger partial charge >= 0.3 is 0 Å². The Morgan fingerprint density at radius 3 is 2.42 bits per heavy atom. The van der Waals surface area contributed by atoms with E-state index in [9.17, 15) is 9.59 Å². The molecule has 0 saturated heterocycles. The van der Waals surface area contributed by atoms with Gasteiger partial charge in [0.25, 0.3) is 5.91 Å². The molecule has 2 amide bonds. The lowest BCUT2D eigenvalue weighted by molar-refractivity contribution is -0.141. The number of carbonyl (C=O) groups is 2. The number of hydrogen-bond acceptors (Lipinski definition) is 3. The van der Waals surface area contributed by atoms with Crippen LogP contribution in [0.1, 0.15) is 44.6 Å². The first kappa shape index (κ1) is 23.1. The summed E-state index contributed by atoms with van der Waals surface area (Å²) in [7, 11) is 0. The highest BCUT2D eigenvalue weighted by molar-refractivity contribution is 6.30. The Bertz CT molecular complexity index is 836. The van der Waals surface area contributed by atoms with E-state index in [1.165, 1.54) is 6.42 Å². The summed E-state index contributed by atoms with van der Waals surface area (Å²) in [4.78, 5) is 27.6. The molecule has 1 saturated carbocycles. The first-order valence-corrected chi connectivity index (χ1v) is 11.4. The van der Waals surface area contributed by atoms with Crippen LogP contribution in [0.25, 0.3) is 0 Å². The summed E-state index contributed by atoms with van der Waals surface area (Å²) in [5.74, 6) is 0.261. The van der Waals surface area contributed by atoms with Crippen molar-refractivity contribution in [3.63, 3.8) is 0 Å². The van der Waals surface area contributed by atoms with Crippen molar-refractivity contribution in [1.82, 2.24) is 10.2 Å². The maximum Gasteiger partial charge on any atom is 0.261 e. The average Bonchev–Trinajstić information content (AvgIpc) is 2.80. The smallest absolute Gasteiger partial charge is 0.261 e. The molecular weight excluding hydrogens is 412 g/mol. The molecule has 1 fully saturated rings. The van der Waals surface area contributed by atoms with Gasteiger partial charge in [0.15, 0.2) is 6.61 Å². The van der Waals surface area contributed by atoms with Gasteiger partial charge in [-0.15, -0.1) is 0 Å². The Balaban J connectivity index is 1.63. The molecule has 6 heteroatoms. The second kappa shape index (κ2) is 11.8. The molecular formula is C25H31ClN2O3. The summed E-state index contributed by atoms with van der Waals surface area (Å²) < 4.78 is 5.65. The van der Waals surface area contributed by atoms with E-state index in [0.717, 1.165) is 31.2 Å². The van der Waals surface area contributed by atoms with Crippen molar-refractivity contribution < 1.29 is 14.3 Å². The molecule has 0 heterocycles. The van der Waals surface area contributed by atoms with E-state index in [-0.39, 0.29) is 24.5 Å². The summed E-state index contributed by atoms with van der Waals surface area (Å²) >= 11 is 5.91. The molecule has 31 heavy (non-hydrogen) atoms. The van der Waals surface area contributed by atoms with Gasteiger partial charge in [-0.2, -0.15) is 0 Å². The highest BCUT2D eigenvalue weighted by Gasteiger charge is 2.28. The molecule has 0 radical (unpaired) electrons. The SMILES string of the molecule is C[C@H](C(=O)NC1CCCCC1)N(CCc1ccccc1)C(=O)COc1ccc(Cl)cc1. The Labute approximate surface area is 189 Å². The summed E-state index contributed by atoms with van der Waals surface area (Å²) in [5, 5.41) is 3.75. The number of rotatable bonds is 9. The first-order chi connectivity index (χ1) is 15.0. The summed E-state index contributed by atoms with van der Waals surface area (Å²) in [6.07, 6.45) is 6.21. The van der Waals surface area contributed by atoms with Crippen molar-refractivity contribution in [1.29, 1.82) is 0 Å². The molecule has 166 valence electrons. The summed E-state index contributed by atoms with van der Waals surface area (Å²) in [5.41, 5.74) is 1.12. The summed E-state index contributed by atoms with van der Waals surface area (Å²) in [6.45, 7) is 2.12. The van der Waals surface area contributed by atoms with E-state index in [2.05, 4.69) is 5.32 Å². The fourth-order valence-electron chi connectivity index (χ4n) is 3.90. The van der Waals surface area contributed by atoms with Gasteiger partial charge in [0.05, 0.1) is 0 Å². The van der Waals surface area contributed by atoms with Crippen molar-refractivity contribution >= 4 is 23.4 Å². The van der Waals surface area contributed by atoms with Crippen LogP contribution in [-0.2, 0) is 16.0 Å². The second-order valence-electron chi connectivity index (χ2n) is 8.08. The third-order valence-corrected chi connectivity index (χ3v) is 6.03. The Morgan fingerprint density at radius 1 is 1.06 bits per heavy atom. The van der Waals surface area contributed by atoms with E-state index in [4.69, 9.17) is 16.3 Å². The molecule has 0 aromatic heterocycles. The minimum atomic E-state index is -0.563. The highest BCUT2D eigenvalue weighted by atomic mass is 35.5. The van der Waals surface area contributed by atoms with Crippen molar-refractivity contribution in [3.05, 3.63) is 65.2 Å². The van der Waals surface area contributed by atoms with E-state index in [1.54, 1.807) is 36.1 Å². The van der Waals surface area contributed by atoms with Gasteiger partial charge in [0, 0.05) is 17.6 Å². The maximum atomic E-state index is 13.0. The molecule has 3 rings (SSSR count). The van der Waals surface area contributed by atoms with Gasteiger partial charge in [-0.25, -0.2) is 0 Å². The second-order valence-corrected chi connectivity index (χ2v) is 8.52. The number of benzene rings is 2. The van der Waals surface area contributed by atoms with Crippen molar-refractivity contribution in [3.8, 4) is 5.75 Å². The third kappa shape index (κ3) is 7.28. The Morgan fingerprint density at radius 2 is 1.74 bits per heavy atom. The maximum absolute atomic E-state index is 13.0. The van der Waals surface area contributed by atoms with Gasteiger partial charge in [-0.05, 0) is 56.0 Å². The Hall–Kier alpha value is -2.53. The van der Waals surface area contributed by atoms with Crippen LogP contribution in [0.4, 0.5) is 0 Å². The van der Waals surface area contributed by atoms with Gasteiger partial charge in [0.2, 0.25) is 5.91 Å². The minimum absolute atomic E-state index is 0.0974. The molecule has 2 aromatic rings.